The molecule has 1 aromatic carbocycles. The predicted octanol–water partition coefficient (Wildman–Crippen LogP) is 3.68. The quantitative estimate of drug-likeness (QED) is 0.448. The van der Waals surface area contributed by atoms with E-state index in [0.29, 0.717) is 10.0 Å². The Balaban J connectivity index is 0.00000324. The zero-order chi connectivity index (χ0) is 13.8. The lowest BCUT2D eigenvalue weighted by molar-refractivity contribution is 0.510. The summed E-state index contributed by atoms with van der Waals surface area (Å²) in [7, 11) is 3.58. The maximum Gasteiger partial charge on any atom is 0.190 e. The number of nitrogens with zero attached hydrogens (tertiary/aromatic N) is 1. The van der Waals surface area contributed by atoms with Crippen molar-refractivity contribution in [1.82, 2.24) is 10.6 Å². The van der Waals surface area contributed by atoms with Gasteiger partial charge in [-0.1, -0.05) is 43.1 Å². The Morgan fingerprint density at radius 1 is 1.26 bits per heavy atom. The summed E-state index contributed by atoms with van der Waals surface area (Å²) < 4.78 is 0. The Labute approximate surface area is 142 Å². The van der Waals surface area contributed by atoms with Crippen LogP contribution in [0.4, 0.5) is 0 Å². The standard InChI is InChI=1S/C13H19Cl2N3.HI/c1-13(2,8-18-12(16-3)17-4)9-5-6-10(14)11(15)7-9;/h5-7H,8H2,1-4H3,(H2,16,17,18);1H. The van der Waals surface area contributed by atoms with Crippen LogP contribution in [0.3, 0.4) is 0 Å². The molecule has 0 bridgehead atoms. The van der Waals surface area contributed by atoms with Crippen LogP contribution in [-0.2, 0) is 5.41 Å². The van der Waals surface area contributed by atoms with Gasteiger partial charge in [-0.15, -0.1) is 24.0 Å². The van der Waals surface area contributed by atoms with Gasteiger partial charge in [0.1, 0.15) is 0 Å². The Kier molecular flexibility index (Phi) is 8.08. The Morgan fingerprint density at radius 2 is 1.89 bits per heavy atom. The molecule has 0 aromatic heterocycles. The van der Waals surface area contributed by atoms with Crippen LogP contribution < -0.4 is 10.6 Å². The van der Waals surface area contributed by atoms with E-state index in [9.17, 15) is 0 Å². The summed E-state index contributed by atoms with van der Waals surface area (Å²) in [5, 5.41) is 7.41. The molecule has 1 aromatic rings. The number of guanidine groups is 1. The first-order chi connectivity index (χ1) is 8.40. The molecule has 0 radical (unpaired) electrons. The molecule has 0 saturated heterocycles. The number of halogens is 3. The highest BCUT2D eigenvalue weighted by Crippen LogP contribution is 2.29. The molecule has 0 heterocycles. The molecule has 0 unspecified atom stereocenters. The lowest BCUT2D eigenvalue weighted by Gasteiger charge is -2.26. The molecule has 0 aliphatic heterocycles. The van der Waals surface area contributed by atoms with Crippen molar-refractivity contribution in [2.45, 2.75) is 19.3 Å². The van der Waals surface area contributed by atoms with Crippen molar-refractivity contribution in [1.29, 1.82) is 0 Å². The first-order valence-corrected chi connectivity index (χ1v) is 6.50. The molecule has 0 fully saturated rings. The minimum atomic E-state index is -0.0684. The van der Waals surface area contributed by atoms with Gasteiger partial charge in [0.15, 0.2) is 5.96 Å². The molecule has 108 valence electrons. The van der Waals surface area contributed by atoms with Gasteiger partial charge in [0.05, 0.1) is 10.0 Å². The van der Waals surface area contributed by atoms with Crippen LogP contribution in [-0.4, -0.2) is 26.6 Å². The van der Waals surface area contributed by atoms with Crippen molar-refractivity contribution >= 4 is 53.1 Å². The minimum Gasteiger partial charge on any atom is -0.359 e. The average Bonchev–Trinajstić information content (AvgIpc) is 2.33. The lowest BCUT2D eigenvalue weighted by Crippen LogP contribution is -2.42. The highest BCUT2D eigenvalue weighted by atomic mass is 127. The van der Waals surface area contributed by atoms with Crippen molar-refractivity contribution in [3.05, 3.63) is 33.8 Å². The van der Waals surface area contributed by atoms with Gasteiger partial charge >= 0.3 is 0 Å². The van der Waals surface area contributed by atoms with Crippen LogP contribution in [0.5, 0.6) is 0 Å². The van der Waals surface area contributed by atoms with E-state index in [4.69, 9.17) is 23.2 Å². The molecule has 0 aliphatic rings. The van der Waals surface area contributed by atoms with E-state index in [0.717, 1.165) is 18.1 Å². The molecular formula is C13H20Cl2IN3. The van der Waals surface area contributed by atoms with E-state index >= 15 is 0 Å². The predicted molar refractivity (Wildman–Crippen MR) is 95.3 cm³/mol. The van der Waals surface area contributed by atoms with Crippen molar-refractivity contribution in [3.63, 3.8) is 0 Å². The Morgan fingerprint density at radius 3 is 2.37 bits per heavy atom. The van der Waals surface area contributed by atoms with Gasteiger partial charge in [-0.25, -0.2) is 0 Å². The van der Waals surface area contributed by atoms with Crippen LogP contribution in [0, 0.1) is 0 Å². The molecule has 0 amide bonds. The average molecular weight is 416 g/mol. The summed E-state index contributed by atoms with van der Waals surface area (Å²) in [5.74, 6) is 0.767. The highest BCUT2D eigenvalue weighted by molar-refractivity contribution is 14.0. The van der Waals surface area contributed by atoms with Gasteiger partial charge in [0, 0.05) is 26.1 Å². The Bertz CT molecular complexity index is 448. The number of hydrogen-bond acceptors (Lipinski definition) is 1. The number of benzene rings is 1. The summed E-state index contributed by atoms with van der Waals surface area (Å²) in [6.07, 6.45) is 0. The first kappa shape index (κ1) is 18.8. The molecule has 0 spiro atoms. The SMILES string of the molecule is CN=C(NC)NCC(C)(C)c1ccc(Cl)c(Cl)c1.I. The summed E-state index contributed by atoms with van der Waals surface area (Å²) in [5.41, 5.74) is 1.07. The third-order valence-corrected chi connectivity index (χ3v) is 3.60. The molecule has 3 nitrogen and oxygen atoms in total. The van der Waals surface area contributed by atoms with Crippen molar-refractivity contribution in [2.24, 2.45) is 4.99 Å². The molecule has 1 rings (SSSR count). The summed E-state index contributed by atoms with van der Waals surface area (Å²) in [6.45, 7) is 5.03. The molecule has 6 heteroatoms. The van der Waals surface area contributed by atoms with Gasteiger partial charge in [-0.3, -0.25) is 4.99 Å². The largest absolute Gasteiger partial charge is 0.359 e. The second-order valence-corrected chi connectivity index (χ2v) is 5.50. The monoisotopic (exact) mass is 415 g/mol. The topological polar surface area (TPSA) is 36.4 Å². The van der Waals surface area contributed by atoms with Crippen LogP contribution in [0.25, 0.3) is 0 Å². The fourth-order valence-electron chi connectivity index (χ4n) is 1.60. The van der Waals surface area contributed by atoms with Crippen molar-refractivity contribution in [2.75, 3.05) is 20.6 Å². The van der Waals surface area contributed by atoms with E-state index in [-0.39, 0.29) is 29.4 Å². The van der Waals surface area contributed by atoms with E-state index < -0.39 is 0 Å². The van der Waals surface area contributed by atoms with Crippen LogP contribution >= 0.6 is 47.2 Å². The summed E-state index contributed by atoms with van der Waals surface area (Å²) >= 11 is 12.0. The van der Waals surface area contributed by atoms with Crippen LogP contribution in [0.1, 0.15) is 19.4 Å². The third kappa shape index (κ3) is 5.36. The molecule has 0 saturated carbocycles. The molecule has 0 aliphatic carbocycles. The van der Waals surface area contributed by atoms with Gasteiger partial charge in [-0.2, -0.15) is 0 Å². The number of aliphatic imine (C=N–C) groups is 1. The first-order valence-electron chi connectivity index (χ1n) is 5.74. The third-order valence-electron chi connectivity index (χ3n) is 2.86. The van der Waals surface area contributed by atoms with Crippen molar-refractivity contribution in [3.8, 4) is 0 Å². The van der Waals surface area contributed by atoms with Crippen LogP contribution in [0.15, 0.2) is 23.2 Å². The maximum absolute atomic E-state index is 6.05. The van der Waals surface area contributed by atoms with E-state index in [1.165, 1.54) is 0 Å². The summed E-state index contributed by atoms with van der Waals surface area (Å²) in [6, 6.07) is 5.74. The maximum atomic E-state index is 6.05. The molecule has 19 heavy (non-hydrogen) atoms. The number of nitrogens with one attached hydrogen (secondary N) is 2. The summed E-state index contributed by atoms with van der Waals surface area (Å²) in [4.78, 5) is 4.08. The molecule has 0 atom stereocenters. The second kappa shape index (κ2) is 8.17. The van der Waals surface area contributed by atoms with Gasteiger partial charge in [-0.05, 0) is 17.7 Å². The minimum absolute atomic E-state index is 0. The van der Waals surface area contributed by atoms with E-state index in [1.807, 2.05) is 25.2 Å². The van der Waals surface area contributed by atoms with Gasteiger partial charge in [0.2, 0.25) is 0 Å². The molecular weight excluding hydrogens is 396 g/mol. The number of hydrogen-bond donors (Lipinski definition) is 2. The van der Waals surface area contributed by atoms with Crippen molar-refractivity contribution < 1.29 is 0 Å². The van der Waals surface area contributed by atoms with Crippen LogP contribution in [0.2, 0.25) is 10.0 Å². The second-order valence-electron chi connectivity index (χ2n) is 4.69. The fraction of sp³-hybridized carbons (Fsp3) is 0.462. The smallest absolute Gasteiger partial charge is 0.190 e. The normalized spacial score (nSPS) is 11.8. The lowest BCUT2D eigenvalue weighted by atomic mass is 9.84. The van der Waals surface area contributed by atoms with Gasteiger partial charge < -0.3 is 10.6 Å². The Hall–Kier alpha value is -0.200. The zero-order valence-electron chi connectivity index (χ0n) is 11.6. The molecule has 2 N–H and O–H groups in total. The van der Waals surface area contributed by atoms with E-state index in [1.54, 1.807) is 7.05 Å². The highest BCUT2D eigenvalue weighted by Gasteiger charge is 2.21. The van der Waals surface area contributed by atoms with E-state index in [2.05, 4.69) is 29.5 Å². The van der Waals surface area contributed by atoms with Gasteiger partial charge in [0.25, 0.3) is 0 Å². The zero-order valence-corrected chi connectivity index (χ0v) is 15.4. The number of rotatable bonds is 3. The fourth-order valence-corrected chi connectivity index (χ4v) is 1.90.